The molecule has 0 spiro atoms. The number of ether oxygens (including phenoxy) is 1. The second-order valence-corrected chi connectivity index (χ2v) is 5.09. The molecule has 0 saturated heterocycles. The zero-order chi connectivity index (χ0) is 14.7. The monoisotopic (exact) mass is 293 g/mol. The van der Waals surface area contributed by atoms with Crippen molar-refractivity contribution >= 4 is 22.9 Å². The summed E-state index contributed by atoms with van der Waals surface area (Å²) in [5.74, 6) is 0.0439. The number of nitrogens with zero attached hydrogens (tertiary/aromatic N) is 1. The molecule has 6 nitrogen and oxygen atoms in total. The smallest absolute Gasteiger partial charge is 0.275 e. The Balaban J connectivity index is 2.14. The molecule has 106 valence electrons. The predicted octanol–water partition coefficient (Wildman–Crippen LogP) is 2.13. The number of anilines is 1. The lowest BCUT2D eigenvalue weighted by molar-refractivity contribution is 0.102. The van der Waals surface area contributed by atoms with Crippen molar-refractivity contribution in [2.45, 2.75) is 13.0 Å². The van der Waals surface area contributed by atoms with Gasteiger partial charge in [-0.05, 0) is 19.1 Å². The minimum Gasteiger partial charge on any atom is -0.506 e. The van der Waals surface area contributed by atoms with Crippen molar-refractivity contribution in [3.63, 3.8) is 0 Å². The van der Waals surface area contributed by atoms with Gasteiger partial charge in [-0.15, -0.1) is 11.3 Å². The number of aromatic hydroxyl groups is 1. The number of methoxy groups -OCH3 is 1. The summed E-state index contributed by atoms with van der Waals surface area (Å²) < 4.78 is 4.97. The lowest BCUT2D eigenvalue weighted by atomic mass is 10.2. The van der Waals surface area contributed by atoms with Crippen LogP contribution in [-0.2, 0) is 0 Å². The Morgan fingerprint density at radius 1 is 1.55 bits per heavy atom. The third-order valence-corrected chi connectivity index (χ3v) is 3.64. The zero-order valence-corrected chi connectivity index (χ0v) is 11.9. The highest BCUT2D eigenvalue weighted by Gasteiger charge is 2.14. The molecule has 2 rings (SSSR count). The van der Waals surface area contributed by atoms with Crippen LogP contribution < -0.4 is 15.8 Å². The molecule has 0 radical (unpaired) electrons. The molecule has 2 aromatic rings. The number of phenolic OH excluding ortho intramolecular Hbond substituents is 1. The Bertz CT molecular complexity index is 625. The van der Waals surface area contributed by atoms with Crippen molar-refractivity contribution in [1.82, 2.24) is 4.98 Å². The Kier molecular flexibility index (Phi) is 4.21. The molecule has 0 saturated carbocycles. The third kappa shape index (κ3) is 3.06. The average Bonchev–Trinajstić information content (AvgIpc) is 2.91. The van der Waals surface area contributed by atoms with Gasteiger partial charge in [-0.25, -0.2) is 4.98 Å². The van der Waals surface area contributed by atoms with Crippen LogP contribution in [0.25, 0.3) is 0 Å². The summed E-state index contributed by atoms with van der Waals surface area (Å²) in [7, 11) is 1.50. The molecule has 0 fully saturated rings. The lowest BCUT2D eigenvalue weighted by Gasteiger charge is -2.07. The van der Waals surface area contributed by atoms with E-state index in [1.165, 1.54) is 24.5 Å². The fourth-order valence-corrected chi connectivity index (χ4v) is 2.29. The van der Waals surface area contributed by atoms with Crippen LogP contribution in [0.15, 0.2) is 23.6 Å². The number of hydrogen-bond donors (Lipinski definition) is 3. The molecule has 1 aromatic heterocycles. The van der Waals surface area contributed by atoms with Gasteiger partial charge >= 0.3 is 0 Å². The topological polar surface area (TPSA) is 97.5 Å². The normalized spacial score (nSPS) is 11.9. The number of thiazole rings is 1. The Morgan fingerprint density at radius 3 is 2.85 bits per heavy atom. The number of rotatable bonds is 4. The van der Waals surface area contributed by atoms with Crippen LogP contribution in [0.3, 0.4) is 0 Å². The first-order chi connectivity index (χ1) is 9.51. The van der Waals surface area contributed by atoms with Crippen LogP contribution in [0.4, 0.5) is 5.69 Å². The van der Waals surface area contributed by atoms with Gasteiger partial charge in [-0.3, -0.25) is 4.79 Å². The number of nitrogens with two attached hydrogens (primary N) is 1. The molecular weight excluding hydrogens is 278 g/mol. The van der Waals surface area contributed by atoms with Crippen LogP contribution in [0.2, 0.25) is 0 Å². The van der Waals surface area contributed by atoms with Gasteiger partial charge in [0, 0.05) is 11.4 Å². The quantitative estimate of drug-likeness (QED) is 0.750. The van der Waals surface area contributed by atoms with Gasteiger partial charge in [0.15, 0.2) is 0 Å². The van der Waals surface area contributed by atoms with E-state index in [9.17, 15) is 9.90 Å². The van der Waals surface area contributed by atoms with Gasteiger partial charge in [0.1, 0.15) is 22.2 Å². The minimum atomic E-state index is -0.395. The number of carbonyl (C=O) groups excluding carboxylic acids is 1. The fraction of sp³-hybridized carbons (Fsp3) is 0.231. The van der Waals surface area contributed by atoms with Crippen molar-refractivity contribution in [2.75, 3.05) is 12.4 Å². The SMILES string of the molecule is COc1ccc(NC(=O)c2csc(C(C)N)n2)c(O)c1. The van der Waals surface area contributed by atoms with E-state index in [0.29, 0.717) is 16.4 Å². The Hall–Kier alpha value is -2.12. The summed E-state index contributed by atoms with van der Waals surface area (Å²) in [6.07, 6.45) is 0. The summed E-state index contributed by atoms with van der Waals surface area (Å²) in [6.45, 7) is 1.80. The molecule has 0 aliphatic heterocycles. The molecule has 1 unspecified atom stereocenters. The minimum absolute atomic E-state index is 0.0691. The second-order valence-electron chi connectivity index (χ2n) is 4.20. The standard InChI is InChI=1S/C13H15N3O3S/c1-7(14)13-16-10(6-20-13)12(18)15-9-4-3-8(19-2)5-11(9)17/h3-7,17H,14H2,1-2H3,(H,15,18). The molecule has 1 heterocycles. The number of benzene rings is 1. The van der Waals surface area contributed by atoms with Crippen LogP contribution in [0.5, 0.6) is 11.5 Å². The first-order valence-corrected chi connectivity index (χ1v) is 6.78. The summed E-state index contributed by atoms with van der Waals surface area (Å²) >= 11 is 1.33. The molecule has 7 heteroatoms. The highest BCUT2D eigenvalue weighted by molar-refractivity contribution is 7.09. The first kappa shape index (κ1) is 14.3. The fourth-order valence-electron chi connectivity index (χ4n) is 1.53. The van der Waals surface area contributed by atoms with Crippen molar-refractivity contribution in [1.29, 1.82) is 0 Å². The van der Waals surface area contributed by atoms with Crippen molar-refractivity contribution in [3.8, 4) is 11.5 Å². The number of carbonyl (C=O) groups is 1. The zero-order valence-electron chi connectivity index (χ0n) is 11.1. The van der Waals surface area contributed by atoms with E-state index in [1.807, 2.05) is 0 Å². The van der Waals surface area contributed by atoms with Crippen LogP contribution >= 0.6 is 11.3 Å². The lowest BCUT2D eigenvalue weighted by Crippen LogP contribution is -2.13. The van der Waals surface area contributed by atoms with Gasteiger partial charge in [-0.2, -0.15) is 0 Å². The molecule has 20 heavy (non-hydrogen) atoms. The van der Waals surface area contributed by atoms with E-state index < -0.39 is 5.91 Å². The van der Waals surface area contributed by atoms with Crippen LogP contribution in [-0.4, -0.2) is 23.1 Å². The van der Waals surface area contributed by atoms with Gasteiger partial charge in [-0.1, -0.05) is 0 Å². The molecule has 1 atom stereocenters. The third-order valence-electron chi connectivity index (χ3n) is 2.60. The van der Waals surface area contributed by atoms with Gasteiger partial charge in [0.05, 0.1) is 18.8 Å². The Labute approximate surface area is 120 Å². The van der Waals surface area contributed by atoms with E-state index in [4.69, 9.17) is 10.5 Å². The van der Waals surface area contributed by atoms with E-state index in [-0.39, 0.29) is 17.5 Å². The van der Waals surface area contributed by atoms with Crippen molar-refractivity contribution in [2.24, 2.45) is 5.73 Å². The maximum absolute atomic E-state index is 12.0. The number of nitrogens with one attached hydrogen (secondary N) is 1. The number of aromatic nitrogens is 1. The Morgan fingerprint density at radius 2 is 2.30 bits per heavy atom. The second kappa shape index (κ2) is 5.89. The predicted molar refractivity (Wildman–Crippen MR) is 77.3 cm³/mol. The van der Waals surface area contributed by atoms with Gasteiger partial charge in [0.2, 0.25) is 0 Å². The maximum Gasteiger partial charge on any atom is 0.275 e. The maximum atomic E-state index is 12.0. The molecular formula is C13H15N3O3S. The van der Waals surface area contributed by atoms with Crippen molar-refractivity contribution < 1.29 is 14.6 Å². The molecule has 4 N–H and O–H groups in total. The van der Waals surface area contributed by atoms with E-state index >= 15 is 0 Å². The molecule has 0 bridgehead atoms. The molecule has 0 aliphatic rings. The molecule has 1 aromatic carbocycles. The van der Waals surface area contributed by atoms with E-state index in [2.05, 4.69) is 10.3 Å². The highest BCUT2D eigenvalue weighted by atomic mass is 32.1. The van der Waals surface area contributed by atoms with E-state index in [0.717, 1.165) is 0 Å². The summed E-state index contributed by atoms with van der Waals surface area (Å²) in [4.78, 5) is 16.2. The average molecular weight is 293 g/mol. The summed E-state index contributed by atoms with van der Waals surface area (Å²) in [5.41, 5.74) is 6.27. The number of hydrogen-bond acceptors (Lipinski definition) is 6. The first-order valence-electron chi connectivity index (χ1n) is 5.90. The van der Waals surface area contributed by atoms with Gasteiger partial charge in [0.25, 0.3) is 5.91 Å². The van der Waals surface area contributed by atoms with Crippen molar-refractivity contribution in [3.05, 3.63) is 34.3 Å². The highest BCUT2D eigenvalue weighted by Crippen LogP contribution is 2.28. The molecule has 1 amide bonds. The molecule has 0 aliphatic carbocycles. The van der Waals surface area contributed by atoms with Crippen LogP contribution in [0, 0.1) is 0 Å². The van der Waals surface area contributed by atoms with E-state index in [1.54, 1.807) is 24.4 Å². The van der Waals surface area contributed by atoms with Gasteiger partial charge < -0.3 is 20.9 Å². The summed E-state index contributed by atoms with van der Waals surface area (Å²) in [6, 6.07) is 4.41. The largest absolute Gasteiger partial charge is 0.506 e. The number of phenols is 1. The summed E-state index contributed by atoms with van der Waals surface area (Å²) in [5, 5.41) is 14.7. The van der Waals surface area contributed by atoms with Crippen LogP contribution in [0.1, 0.15) is 28.5 Å². The number of amides is 1.